The van der Waals surface area contributed by atoms with Crippen molar-refractivity contribution < 1.29 is 4.74 Å². The molecule has 26 rings (SSSR count). The quantitative estimate of drug-likeness (QED) is 0.100. The van der Waals surface area contributed by atoms with Gasteiger partial charge in [-0.15, -0.1) is 0 Å². The highest BCUT2D eigenvalue weighted by Crippen LogP contribution is 2.66. The van der Waals surface area contributed by atoms with Gasteiger partial charge >= 0.3 is 0 Å². The molecule has 7 nitrogen and oxygen atoms in total. The number of nitrogens with zero attached hydrogens (tertiary/aromatic N) is 6. The van der Waals surface area contributed by atoms with Gasteiger partial charge < -0.3 is 34.1 Å². The number of fused-ring (bicyclic) bond motifs is 17. The number of benzene rings is 17. The lowest BCUT2D eigenvalue weighted by molar-refractivity contribution is 0.487. The molecule has 5 aliphatic heterocycles. The Balaban J connectivity index is 0.801. The molecule has 0 saturated heterocycles. The summed E-state index contributed by atoms with van der Waals surface area (Å²) in [5.41, 5.74) is 40.2. The zero-order valence-electron chi connectivity index (χ0n) is 71.6. The molecule has 0 bridgehead atoms. The molecule has 5 heterocycles. The van der Waals surface area contributed by atoms with Crippen molar-refractivity contribution in [2.45, 2.75) is 31.1 Å². The van der Waals surface area contributed by atoms with Crippen LogP contribution < -0.4 is 66.9 Å². The van der Waals surface area contributed by atoms with Gasteiger partial charge in [-0.05, 0) is 223 Å². The van der Waals surface area contributed by atoms with E-state index < -0.39 is 5.41 Å². The standard InChI is InChI=1S/C121H86B2N6O/c1-10-41-81(42-11-1)92-59-30-36-69-106(92)125(87-53-22-7-23-54-87)91-75-115-119-117(76-91)130-116-80-111-101(78-105(116)123(119)103-68-35-39-72-109(103)128(115)107-70-37-31-60-93(107)82-43-12-2-13-44-82)121(98-65-32-28-61-96(98)97-62-29-33-66-99(97)121)100-77-104-112(79-110(100)129(111)120-94(83-45-14-3-15-46-83)63-40-64-95(120)84-47-16-4-17-48-84)127(89-57-26-9-27-58-89)114-74-90(124(85-49-18-5-19-50-85)86-51-20-6-21-52-86)73-113-118(114)122(104)102-67-34-38-71-108(102)126(113)88-55-24-8-25-56-88/h1-3,5-16,18-45,47-63,65-80,83,95H,4,17,46,64H2. The van der Waals surface area contributed by atoms with Crippen LogP contribution in [-0.2, 0) is 5.41 Å². The van der Waals surface area contributed by atoms with E-state index in [0.29, 0.717) is 0 Å². The van der Waals surface area contributed by atoms with E-state index >= 15 is 0 Å². The first-order valence-corrected chi connectivity index (χ1v) is 45.8. The van der Waals surface area contributed by atoms with Crippen molar-refractivity contribution in [3.8, 4) is 44.9 Å². The summed E-state index contributed by atoms with van der Waals surface area (Å²) in [5.74, 6) is 1.61. The minimum atomic E-state index is -0.971. The van der Waals surface area contributed by atoms with Gasteiger partial charge in [0.15, 0.2) is 0 Å². The summed E-state index contributed by atoms with van der Waals surface area (Å²) in [6, 6.07) is 153. The molecule has 130 heavy (non-hydrogen) atoms. The van der Waals surface area contributed by atoms with Crippen LogP contribution in [0.15, 0.2) is 478 Å². The van der Waals surface area contributed by atoms with E-state index in [2.05, 4.69) is 491 Å². The van der Waals surface area contributed by atoms with Gasteiger partial charge in [-0.3, -0.25) is 0 Å². The van der Waals surface area contributed by atoms with Crippen LogP contribution in [0.5, 0.6) is 11.5 Å². The van der Waals surface area contributed by atoms with Crippen molar-refractivity contribution in [1.29, 1.82) is 0 Å². The van der Waals surface area contributed by atoms with Crippen molar-refractivity contribution in [1.82, 2.24) is 0 Å². The van der Waals surface area contributed by atoms with Gasteiger partial charge in [0.1, 0.15) is 11.5 Å². The Bertz CT molecular complexity index is 7550. The van der Waals surface area contributed by atoms with Gasteiger partial charge in [0, 0.05) is 103 Å². The minimum Gasteiger partial charge on any atom is -0.458 e. The molecular weight excluding hydrogens is 1570 g/mol. The summed E-state index contributed by atoms with van der Waals surface area (Å²) in [6.07, 6.45) is 25.4. The maximum atomic E-state index is 8.43. The van der Waals surface area contributed by atoms with Crippen molar-refractivity contribution in [2.75, 3.05) is 29.4 Å². The predicted molar refractivity (Wildman–Crippen MR) is 543 cm³/mol. The second kappa shape index (κ2) is 30.6. The fourth-order valence-electron chi connectivity index (χ4n) is 23.2. The van der Waals surface area contributed by atoms with Crippen molar-refractivity contribution in [3.63, 3.8) is 0 Å². The smallest absolute Gasteiger partial charge is 0.256 e. The molecule has 9 aliphatic rings. The molecule has 0 radical (unpaired) electrons. The third kappa shape index (κ3) is 11.6. The fourth-order valence-corrected chi connectivity index (χ4v) is 23.2. The molecule has 17 aromatic rings. The Labute approximate surface area is 759 Å². The highest BCUT2D eigenvalue weighted by atomic mass is 16.5. The first-order chi connectivity index (χ1) is 64.6. The molecular formula is C121H86B2N6O. The third-order valence-corrected chi connectivity index (χ3v) is 28.5. The lowest BCUT2D eigenvalue weighted by Gasteiger charge is -2.51. The maximum Gasteiger partial charge on any atom is 0.256 e. The molecule has 2 unspecified atom stereocenters. The SMILES string of the molecule is C1=CCC(C2=C(N3c4cc5c(cc4C4(c6ccccc6-c6ccccc64)c4cc6c(cc43)N(c3ccccc3)c3cc(N(c4ccccc4)c4ccccc4)cc4c3B6c3ccccc3N4c3ccccc3)B3c4ccccc4N(c4ccccc4-c4ccccc4)c4cc(N(c6ccccc6)c6ccccc6-c6ccccc6)cc(c43)O5)C(C3=CCCC=C3)CC=C2)C=C1. The van der Waals surface area contributed by atoms with Gasteiger partial charge in [0.2, 0.25) is 0 Å². The summed E-state index contributed by atoms with van der Waals surface area (Å²) in [4.78, 5) is 15.5. The summed E-state index contributed by atoms with van der Waals surface area (Å²) < 4.78 is 8.43. The highest BCUT2D eigenvalue weighted by Gasteiger charge is 2.57. The van der Waals surface area contributed by atoms with Crippen LogP contribution in [0, 0.1) is 11.8 Å². The van der Waals surface area contributed by atoms with E-state index in [4.69, 9.17) is 4.74 Å². The van der Waals surface area contributed by atoms with E-state index in [0.717, 1.165) is 167 Å². The number of hydrogen-bond acceptors (Lipinski definition) is 7. The molecule has 0 fully saturated rings. The third-order valence-electron chi connectivity index (χ3n) is 28.5. The van der Waals surface area contributed by atoms with Crippen LogP contribution in [-0.4, -0.2) is 13.4 Å². The number of hydrogen-bond donors (Lipinski definition) is 0. The Morgan fingerprint density at radius 3 is 1.38 bits per heavy atom. The first kappa shape index (κ1) is 75.3. The summed E-state index contributed by atoms with van der Waals surface area (Å²) in [5, 5.41) is 0. The van der Waals surface area contributed by atoms with Crippen LogP contribution in [0.2, 0.25) is 0 Å². The normalized spacial score (nSPS) is 16.1. The molecule has 1 spiro atoms. The number of rotatable bonds is 14. The van der Waals surface area contributed by atoms with Gasteiger partial charge in [-0.25, -0.2) is 0 Å². The average molecular weight is 1660 g/mol. The Hall–Kier alpha value is -16.1. The van der Waals surface area contributed by atoms with Gasteiger partial charge in [0.05, 0.1) is 39.5 Å². The van der Waals surface area contributed by atoms with Crippen molar-refractivity contribution in [2.24, 2.45) is 11.8 Å². The van der Waals surface area contributed by atoms with Gasteiger partial charge in [-0.2, -0.15) is 0 Å². The molecule has 2 atom stereocenters. The minimum absolute atomic E-state index is 0.0551. The zero-order chi connectivity index (χ0) is 85.5. The fraction of sp³-hybridized carbons (Fsp3) is 0.0579. The van der Waals surface area contributed by atoms with Crippen molar-refractivity contribution >= 4 is 143 Å². The van der Waals surface area contributed by atoms with Crippen LogP contribution >= 0.6 is 0 Å². The average Bonchev–Trinajstić information content (AvgIpc) is 1.37. The Morgan fingerprint density at radius 1 is 0.300 bits per heavy atom. The summed E-state index contributed by atoms with van der Waals surface area (Å²) in [6.45, 7) is -0.612. The van der Waals surface area contributed by atoms with E-state index in [1.165, 1.54) is 72.1 Å². The second-order valence-electron chi connectivity index (χ2n) is 35.4. The molecule has 17 aromatic carbocycles. The molecule has 0 amide bonds. The molecule has 0 saturated carbocycles. The van der Waals surface area contributed by atoms with Crippen molar-refractivity contribution in [3.05, 3.63) is 500 Å². The summed E-state index contributed by atoms with van der Waals surface area (Å²) >= 11 is 0. The Morgan fingerprint density at radius 2 is 0.785 bits per heavy atom. The molecule has 0 N–H and O–H groups in total. The highest BCUT2D eigenvalue weighted by molar-refractivity contribution is 7.01. The van der Waals surface area contributed by atoms with Crippen LogP contribution in [0.1, 0.15) is 47.9 Å². The monoisotopic (exact) mass is 1660 g/mol. The van der Waals surface area contributed by atoms with E-state index in [1.54, 1.807) is 0 Å². The van der Waals surface area contributed by atoms with E-state index in [-0.39, 0.29) is 25.3 Å². The number of anilines is 17. The van der Waals surface area contributed by atoms with Gasteiger partial charge in [0.25, 0.3) is 13.4 Å². The zero-order valence-corrected chi connectivity index (χ0v) is 71.6. The number of allylic oxidation sites excluding steroid dienone is 11. The largest absolute Gasteiger partial charge is 0.458 e. The molecule has 4 aliphatic carbocycles. The summed E-state index contributed by atoms with van der Waals surface area (Å²) in [7, 11) is 0. The Kier molecular flexibility index (Phi) is 17.7. The van der Waals surface area contributed by atoms with E-state index in [1.807, 2.05) is 0 Å². The first-order valence-electron chi connectivity index (χ1n) is 45.8. The number of para-hydroxylation sites is 9. The molecule has 0 aromatic heterocycles. The molecule has 612 valence electrons. The maximum absolute atomic E-state index is 8.43. The predicted octanol–water partition coefficient (Wildman–Crippen LogP) is 27.5. The molecule has 9 heteroatoms. The second-order valence-corrected chi connectivity index (χ2v) is 35.4. The number of ether oxygens (including phenoxy) is 1. The van der Waals surface area contributed by atoms with Crippen LogP contribution in [0.25, 0.3) is 33.4 Å². The van der Waals surface area contributed by atoms with Crippen LogP contribution in [0.4, 0.5) is 96.7 Å². The van der Waals surface area contributed by atoms with Gasteiger partial charge in [-0.1, -0.05) is 340 Å². The van der Waals surface area contributed by atoms with E-state index in [9.17, 15) is 0 Å². The topological polar surface area (TPSA) is 28.7 Å². The van der Waals surface area contributed by atoms with Crippen LogP contribution in [0.3, 0.4) is 0 Å². The lowest BCUT2D eigenvalue weighted by Crippen LogP contribution is -2.62. The lowest BCUT2D eigenvalue weighted by atomic mass is 9.33.